The van der Waals surface area contributed by atoms with Gasteiger partial charge in [-0.3, -0.25) is 4.98 Å². The van der Waals surface area contributed by atoms with Crippen molar-refractivity contribution >= 4 is 43.2 Å². The Morgan fingerprint density at radius 3 is 1.53 bits per heavy atom. The maximum atomic E-state index is 9.92. The Hall–Kier alpha value is -8.33. The van der Waals surface area contributed by atoms with Crippen molar-refractivity contribution in [2.75, 3.05) is 0 Å². The fraction of sp³-hybridized carbons (Fsp3) is 0. The largest absolute Gasteiger partial charge is 0.256 e. The van der Waals surface area contributed by atoms with Gasteiger partial charge in [-0.2, -0.15) is 5.26 Å². The first-order valence-electron chi connectivity index (χ1n) is 19.9. The summed E-state index contributed by atoms with van der Waals surface area (Å²) in [5, 5.41) is 17.5. The molecule has 0 saturated carbocycles. The molecule has 11 aromatic rings. The van der Waals surface area contributed by atoms with Crippen LogP contribution in [0.25, 0.3) is 111 Å². The molecule has 0 amide bonds. The molecule has 9 aromatic carbocycles. The molecule has 5 nitrogen and oxygen atoms in total. The third kappa shape index (κ3) is 6.03. The Kier molecular flexibility index (Phi) is 8.46. The molecule has 0 aliphatic rings. The van der Waals surface area contributed by atoms with Crippen LogP contribution in [0.4, 0.5) is 0 Å². The Morgan fingerprint density at radius 1 is 0.317 bits per heavy atom. The van der Waals surface area contributed by atoms with Gasteiger partial charge in [-0.05, 0) is 85.1 Å². The number of nitrogens with zero attached hydrogens (tertiary/aromatic N) is 5. The number of rotatable bonds is 6. The summed E-state index contributed by atoms with van der Waals surface area (Å²) in [5.74, 6) is 1.82. The van der Waals surface area contributed by atoms with Crippen LogP contribution in [0.2, 0.25) is 0 Å². The van der Waals surface area contributed by atoms with Gasteiger partial charge in [0, 0.05) is 39.2 Å². The van der Waals surface area contributed by atoms with Crippen LogP contribution in [0.3, 0.4) is 0 Å². The molecule has 0 radical (unpaired) electrons. The lowest BCUT2D eigenvalue weighted by atomic mass is 9.87. The standard InChI is InChI=1S/C55H33N5/c56-34-41-28-29-46(43-20-8-7-19-42(41)43)49-33-51-47-23-12-30-57-52(47)48(32-50(51)45-22-10-9-21-44(45)49)39-17-11-18-40(31-39)55-59-53(37-15-5-2-6-16-37)58-54(60-55)38-26-24-36(25-27-38)35-13-3-1-4-14-35/h1-33H. The molecule has 11 rings (SSSR count). The van der Waals surface area contributed by atoms with E-state index in [1.807, 2.05) is 72.9 Å². The van der Waals surface area contributed by atoms with Gasteiger partial charge in [0.25, 0.3) is 0 Å². The topological polar surface area (TPSA) is 75.3 Å². The molecule has 60 heavy (non-hydrogen) atoms. The Balaban J connectivity index is 1.08. The number of hydrogen-bond acceptors (Lipinski definition) is 5. The third-order valence-electron chi connectivity index (χ3n) is 11.4. The predicted molar refractivity (Wildman–Crippen MR) is 245 cm³/mol. The van der Waals surface area contributed by atoms with Crippen molar-refractivity contribution in [3.05, 3.63) is 206 Å². The molecular weight excluding hydrogens is 731 g/mol. The third-order valence-corrected chi connectivity index (χ3v) is 11.4. The van der Waals surface area contributed by atoms with Gasteiger partial charge in [0.2, 0.25) is 0 Å². The van der Waals surface area contributed by atoms with E-state index in [1.54, 1.807) is 0 Å². The van der Waals surface area contributed by atoms with Crippen molar-refractivity contribution in [2.24, 2.45) is 0 Å². The number of fused-ring (bicyclic) bond motifs is 6. The molecule has 0 aliphatic heterocycles. The molecule has 0 spiro atoms. The fourth-order valence-corrected chi connectivity index (χ4v) is 8.52. The predicted octanol–water partition coefficient (Wildman–Crippen LogP) is 13.8. The molecule has 0 aliphatic carbocycles. The van der Waals surface area contributed by atoms with Gasteiger partial charge in [0.15, 0.2) is 17.5 Å². The van der Waals surface area contributed by atoms with Gasteiger partial charge in [-0.25, -0.2) is 15.0 Å². The molecule has 0 atom stereocenters. The highest BCUT2D eigenvalue weighted by Gasteiger charge is 2.19. The molecule has 0 unspecified atom stereocenters. The second-order valence-electron chi connectivity index (χ2n) is 14.9. The minimum Gasteiger partial charge on any atom is -0.256 e. The van der Waals surface area contributed by atoms with Crippen LogP contribution in [0.1, 0.15) is 5.56 Å². The van der Waals surface area contributed by atoms with Crippen molar-refractivity contribution in [3.8, 4) is 73.6 Å². The first kappa shape index (κ1) is 34.9. The number of pyridine rings is 1. The van der Waals surface area contributed by atoms with E-state index in [9.17, 15) is 5.26 Å². The fourth-order valence-electron chi connectivity index (χ4n) is 8.52. The van der Waals surface area contributed by atoms with Crippen molar-refractivity contribution in [1.29, 1.82) is 5.26 Å². The zero-order valence-corrected chi connectivity index (χ0v) is 32.3. The average molecular weight is 764 g/mol. The summed E-state index contributed by atoms with van der Waals surface area (Å²) >= 11 is 0. The molecular formula is C55H33N5. The van der Waals surface area contributed by atoms with Crippen LogP contribution in [-0.4, -0.2) is 19.9 Å². The zero-order valence-electron chi connectivity index (χ0n) is 32.3. The lowest BCUT2D eigenvalue weighted by Crippen LogP contribution is -2.00. The number of nitriles is 1. The summed E-state index contributed by atoms with van der Waals surface area (Å²) < 4.78 is 0. The lowest BCUT2D eigenvalue weighted by Gasteiger charge is -2.17. The highest BCUT2D eigenvalue weighted by molar-refractivity contribution is 6.24. The van der Waals surface area contributed by atoms with Crippen LogP contribution in [-0.2, 0) is 0 Å². The van der Waals surface area contributed by atoms with Crippen LogP contribution >= 0.6 is 0 Å². The molecule has 278 valence electrons. The number of benzene rings is 9. The smallest absolute Gasteiger partial charge is 0.164 e. The van der Waals surface area contributed by atoms with E-state index < -0.39 is 0 Å². The van der Waals surface area contributed by atoms with Crippen LogP contribution in [0.5, 0.6) is 0 Å². The van der Waals surface area contributed by atoms with Gasteiger partial charge in [0.1, 0.15) is 0 Å². The SMILES string of the molecule is N#Cc1ccc(-c2cc3c4cccnc4c(-c4cccc(-c5nc(-c6ccccc6)nc(-c6ccc(-c7ccccc7)cc6)n5)c4)cc3c3ccccc23)c2ccccc12. The Morgan fingerprint density at radius 2 is 0.817 bits per heavy atom. The second-order valence-corrected chi connectivity index (χ2v) is 14.9. The maximum Gasteiger partial charge on any atom is 0.164 e. The molecule has 0 saturated heterocycles. The lowest BCUT2D eigenvalue weighted by molar-refractivity contribution is 1.07. The van der Waals surface area contributed by atoms with Gasteiger partial charge >= 0.3 is 0 Å². The van der Waals surface area contributed by atoms with Gasteiger partial charge in [-0.1, -0.05) is 164 Å². The summed E-state index contributed by atoms with van der Waals surface area (Å²) in [6, 6.07) is 69.2. The van der Waals surface area contributed by atoms with Gasteiger partial charge in [0.05, 0.1) is 17.1 Å². The molecule has 0 N–H and O–H groups in total. The first-order valence-corrected chi connectivity index (χ1v) is 19.9. The molecule has 5 heteroatoms. The monoisotopic (exact) mass is 763 g/mol. The van der Waals surface area contributed by atoms with E-state index >= 15 is 0 Å². The van der Waals surface area contributed by atoms with Gasteiger partial charge < -0.3 is 0 Å². The normalized spacial score (nSPS) is 11.3. The minimum absolute atomic E-state index is 0.593. The highest BCUT2D eigenvalue weighted by Crippen LogP contribution is 2.43. The second kappa shape index (κ2) is 14.6. The molecule has 2 heterocycles. The van der Waals surface area contributed by atoms with E-state index in [4.69, 9.17) is 19.9 Å². The summed E-state index contributed by atoms with van der Waals surface area (Å²) in [6.07, 6.45) is 1.87. The molecule has 0 fully saturated rings. The molecule has 2 aromatic heterocycles. The average Bonchev–Trinajstić information content (AvgIpc) is 3.33. The summed E-state index contributed by atoms with van der Waals surface area (Å²) in [6.45, 7) is 0. The number of aromatic nitrogens is 4. The van der Waals surface area contributed by atoms with Crippen LogP contribution in [0.15, 0.2) is 200 Å². The van der Waals surface area contributed by atoms with E-state index in [1.165, 1.54) is 0 Å². The van der Waals surface area contributed by atoms with Crippen molar-refractivity contribution in [3.63, 3.8) is 0 Å². The zero-order chi connectivity index (χ0) is 40.0. The quantitative estimate of drug-likeness (QED) is 0.158. The Bertz CT molecular complexity index is 3480. The van der Waals surface area contributed by atoms with E-state index in [0.29, 0.717) is 23.0 Å². The van der Waals surface area contributed by atoms with Crippen LogP contribution in [0, 0.1) is 11.3 Å². The summed E-state index contributed by atoms with van der Waals surface area (Å²) in [5.41, 5.74) is 10.8. The van der Waals surface area contributed by atoms with E-state index in [2.05, 4.69) is 133 Å². The molecule has 0 bridgehead atoms. The van der Waals surface area contributed by atoms with Gasteiger partial charge in [-0.15, -0.1) is 0 Å². The van der Waals surface area contributed by atoms with Crippen molar-refractivity contribution < 1.29 is 0 Å². The van der Waals surface area contributed by atoms with E-state index in [0.717, 1.165) is 93.3 Å². The van der Waals surface area contributed by atoms with Crippen molar-refractivity contribution in [1.82, 2.24) is 19.9 Å². The first-order chi connectivity index (χ1) is 29.7. The minimum atomic E-state index is 0.593. The summed E-state index contributed by atoms with van der Waals surface area (Å²) in [7, 11) is 0. The van der Waals surface area contributed by atoms with E-state index in [-0.39, 0.29) is 0 Å². The highest BCUT2D eigenvalue weighted by atomic mass is 15.0. The van der Waals surface area contributed by atoms with Crippen molar-refractivity contribution in [2.45, 2.75) is 0 Å². The number of hydrogen-bond donors (Lipinski definition) is 0. The van der Waals surface area contributed by atoms with Crippen LogP contribution < -0.4 is 0 Å². The Labute approximate surface area is 346 Å². The summed E-state index contributed by atoms with van der Waals surface area (Å²) in [4.78, 5) is 20.2. The maximum absolute atomic E-state index is 9.92.